The van der Waals surface area contributed by atoms with Crippen molar-refractivity contribution in [3.63, 3.8) is 0 Å². The number of hydrogen-bond donors (Lipinski definition) is 4. The highest BCUT2D eigenvalue weighted by atomic mass is 19.3. The largest absolute Gasteiger partial charge is 0.447 e. The minimum absolute atomic E-state index is 0.0350. The maximum atomic E-state index is 14.0. The first-order chi connectivity index (χ1) is 33.1. The van der Waals surface area contributed by atoms with Crippen LogP contribution in [0.15, 0.2) is 48.7 Å². The van der Waals surface area contributed by atoms with Crippen LogP contribution in [-0.4, -0.2) is 156 Å². The summed E-state index contributed by atoms with van der Waals surface area (Å²) < 4.78 is 55.6. The number of amides is 4. The van der Waals surface area contributed by atoms with Crippen LogP contribution < -0.4 is 22.5 Å². The number of benzene rings is 2. The zero-order chi connectivity index (χ0) is 49.5. The van der Waals surface area contributed by atoms with Crippen LogP contribution >= 0.6 is 0 Å². The molecule has 2 unspecified atom stereocenters. The summed E-state index contributed by atoms with van der Waals surface area (Å²) in [7, 11) is 0. The number of Topliss-reactive ketones (excluding diaryl/α,β-unsaturated/α-hetero) is 2. The van der Waals surface area contributed by atoms with Crippen molar-refractivity contribution in [2.75, 3.05) is 66.0 Å². The minimum Gasteiger partial charge on any atom is -0.447 e. The summed E-state index contributed by atoms with van der Waals surface area (Å²) in [5, 5.41) is 20.5. The first-order valence-corrected chi connectivity index (χ1v) is 22.7. The van der Waals surface area contributed by atoms with E-state index in [1.54, 1.807) is 46.1 Å². The van der Waals surface area contributed by atoms with Gasteiger partial charge in [0.05, 0.1) is 90.3 Å². The predicted octanol–water partition coefficient (Wildman–Crippen LogP) is 1.23. The lowest BCUT2D eigenvalue weighted by Gasteiger charge is -2.22. The first kappa shape index (κ1) is 52.1. The van der Waals surface area contributed by atoms with Crippen molar-refractivity contribution in [2.45, 2.75) is 88.2 Å². The third-order valence-corrected chi connectivity index (χ3v) is 12.0. The average Bonchev–Trinajstić information content (AvgIpc) is 4.14. The molecule has 0 bridgehead atoms. The van der Waals surface area contributed by atoms with Crippen LogP contribution in [0.5, 0.6) is 0 Å². The smallest absolute Gasteiger partial charge is 0.404 e. The lowest BCUT2D eigenvalue weighted by molar-refractivity contribution is -0.135. The Morgan fingerprint density at radius 2 is 1.54 bits per heavy atom. The molecule has 3 aliphatic rings. The van der Waals surface area contributed by atoms with Gasteiger partial charge < -0.3 is 56.0 Å². The molecule has 3 aromatic rings. The Morgan fingerprint density at radius 3 is 2.20 bits per heavy atom. The Labute approximate surface area is 396 Å². The fourth-order valence-electron chi connectivity index (χ4n) is 8.27. The number of rotatable bonds is 27. The van der Waals surface area contributed by atoms with Crippen molar-refractivity contribution in [3.05, 3.63) is 70.9 Å². The number of carbonyl (C=O) groups excluding carboxylic acids is 6. The molecule has 0 radical (unpaired) electrons. The summed E-state index contributed by atoms with van der Waals surface area (Å²) in [6.45, 7) is 2.55. The number of aromatic nitrogens is 3. The van der Waals surface area contributed by atoms with Gasteiger partial charge in [-0.2, -0.15) is 5.26 Å². The zero-order valence-corrected chi connectivity index (χ0v) is 38.1. The summed E-state index contributed by atoms with van der Waals surface area (Å²) in [6.07, 6.45) is 0.503. The van der Waals surface area contributed by atoms with E-state index >= 15 is 0 Å². The Bertz CT molecular complexity index is 2330. The summed E-state index contributed by atoms with van der Waals surface area (Å²) in [5.74, 6) is -6.06. The lowest BCUT2D eigenvalue weighted by atomic mass is 9.96. The zero-order valence-electron chi connectivity index (χ0n) is 38.1. The monoisotopic (exact) mass is 964 g/mol. The Morgan fingerprint density at radius 1 is 0.884 bits per heavy atom. The molecule has 69 heavy (non-hydrogen) atoms. The van der Waals surface area contributed by atoms with Crippen LogP contribution in [0.1, 0.15) is 65.6 Å². The van der Waals surface area contributed by atoms with Gasteiger partial charge in [-0.15, -0.1) is 5.10 Å². The van der Waals surface area contributed by atoms with Gasteiger partial charge in [-0.25, -0.2) is 18.3 Å². The normalized spacial score (nSPS) is 19.2. The third-order valence-electron chi connectivity index (χ3n) is 12.0. The number of nitriles is 1. The van der Waals surface area contributed by atoms with Crippen LogP contribution in [0.4, 0.5) is 13.6 Å². The fraction of sp³-hybridized carbons (Fsp3) is 0.543. The molecule has 0 aliphatic carbocycles. The quantitative estimate of drug-likeness (QED) is 0.0617. The number of ether oxygens (including phenoxy) is 5. The molecule has 0 spiro atoms. The molecule has 21 nitrogen and oxygen atoms in total. The highest BCUT2D eigenvalue weighted by Gasteiger charge is 2.50. The van der Waals surface area contributed by atoms with Gasteiger partial charge in [-0.05, 0) is 36.0 Å². The van der Waals surface area contributed by atoms with Crippen molar-refractivity contribution in [2.24, 2.45) is 23.1 Å². The highest BCUT2D eigenvalue weighted by molar-refractivity contribution is 6.00. The number of fused-ring (bicyclic) bond motifs is 1. The van der Waals surface area contributed by atoms with Crippen LogP contribution in [0.25, 0.3) is 11.3 Å². The second-order valence-electron chi connectivity index (χ2n) is 17.0. The van der Waals surface area contributed by atoms with E-state index in [-0.39, 0.29) is 76.0 Å². The summed E-state index contributed by atoms with van der Waals surface area (Å²) in [6, 6.07) is 10.2. The number of carbonyl (C=O) groups is 6. The van der Waals surface area contributed by atoms with E-state index in [4.69, 9.17) is 36.1 Å². The predicted molar refractivity (Wildman–Crippen MR) is 239 cm³/mol. The van der Waals surface area contributed by atoms with Crippen molar-refractivity contribution in [1.29, 1.82) is 5.26 Å². The van der Waals surface area contributed by atoms with Gasteiger partial charge in [0, 0.05) is 49.4 Å². The van der Waals surface area contributed by atoms with Gasteiger partial charge in [-0.3, -0.25) is 24.0 Å². The average molecular weight is 965 g/mol. The summed E-state index contributed by atoms with van der Waals surface area (Å²) >= 11 is 0. The van der Waals surface area contributed by atoms with Gasteiger partial charge in [-0.1, -0.05) is 47.7 Å². The van der Waals surface area contributed by atoms with E-state index in [0.717, 1.165) is 21.6 Å². The number of ketones is 2. The van der Waals surface area contributed by atoms with Crippen molar-refractivity contribution in [3.8, 4) is 17.3 Å². The molecule has 0 saturated carbocycles. The molecule has 6 rings (SSSR count). The topological polar surface area (TPSA) is 300 Å². The molecule has 5 atom stereocenters. The molecule has 2 aromatic carbocycles. The third kappa shape index (κ3) is 14.9. The molecule has 2 saturated heterocycles. The molecule has 3 aliphatic heterocycles. The van der Waals surface area contributed by atoms with Gasteiger partial charge in [0.2, 0.25) is 17.7 Å². The van der Waals surface area contributed by atoms with Gasteiger partial charge in [0.15, 0.2) is 11.6 Å². The van der Waals surface area contributed by atoms with E-state index in [1.165, 1.54) is 0 Å². The number of nitrogens with one attached hydrogen (secondary N) is 1. The standard InChI is InChI=1S/C46H58F2N10O11/c47-46(48)22-34(23-49)58(28-46)44(63)38-20-33(43(62)53-38)21-41(60)56-24-31-2-1-3-32(35(31)26-56)25-57-27-39(54-55-57)29-4-6-30(7-5-29)42(61)37(51)9-8-36(50)40(59)10-11-65-12-13-66-14-15-67-16-17-68-18-19-69-45(52)64/h1-7,27,33-34,36-38H,8-22,24-26,28,50-51H2,(H2,52,64)(H,53,62)/t33-,34-,36?,37?,38-/m0/s1. The van der Waals surface area contributed by atoms with Crippen LogP contribution in [0, 0.1) is 17.2 Å². The van der Waals surface area contributed by atoms with Crippen molar-refractivity contribution >= 4 is 35.4 Å². The van der Waals surface area contributed by atoms with Crippen molar-refractivity contribution in [1.82, 2.24) is 30.1 Å². The van der Waals surface area contributed by atoms with Gasteiger partial charge in [0.25, 0.3) is 5.92 Å². The number of nitrogens with zero attached hydrogens (tertiary/aromatic N) is 6. The van der Waals surface area contributed by atoms with Crippen LogP contribution in [-0.2, 0) is 62.5 Å². The van der Waals surface area contributed by atoms with E-state index in [0.29, 0.717) is 69.5 Å². The molecule has 4 heterocycles. The number of primary amides is 1. The number of nitrogens with two attached hydrogens (primary N) is 3. The number of halogens is 2. The molecular formula is C46H58F2N10O11. The SMILES string of the molecule is N#C[C@@H]1CC(F)(F)CN1C(=O)[C@@H]1C[C@@H](CC(=O)N2Cc3cccc(Cn4cc(-c5ccc(C(=O)C(N)CCC(N)C(=O)CCOCCOCCOCCOCCOC(N)=O)cc5)nn4)c3C2)C(=O)N1. The molecule has 1 aromatic heterocycles. The van der Waals surface area contributed by atoms with E-state index < -0.39 is 66.9 Å². The second kappa shape index (κ2) is 24.8. The van der Waals surface area contributed by atoms with E-state index in [1.807, 2.05) is 18.2 Å². The molecule has 23 heteroatoms. The first-order valence-electron chi connectivity index (χ1n) is 22.7. The molecule has 4 amide bonds. The fourth-order valence-corrected chi connectivity index (χ4v) is 8.27. The Kier molecular flexibility index (Phi) is 18.7. The summed E-state index contributed by atoms with van der Waals surface area (Å²) in [5.41, 5.74) is 21.6. The Hall–Kier alpha value is -6.29. The highest BCUT2D eigenvalue weighted by Crippen LogP contribution is 2.34. The van der Waals surface area contributed by atoms with E-state index in [9.17, 15) is 42.8 Å². The van der Waals surface area contributed by atoms with Crippen molar-refractivity contribution < 1.29 is 61.2 Å². The van der Waals surface area contributed by atoms with Crippen LogP contribution in [0.3, 0.4) is 0 Å². The maximum Gasteiger partial charge on any atom is 0.404 e. The van der Waals surface area contributed by atoms with E-state index in [2.05, 4.69) is 20.4 Å². The number of alkyl halides is 2. The van der Waals surface area contributed by atoms with Gasteiger partial charge >= 0.3 is 6.09 Å². The maximum absolute atomic E-state index is 14.0. The number of likely N-dealkylation sites (tertiary alicyclic amines) is 1. The molecule has 7 N–H and O–H groups in total. The van der Waals surface area contributed by atoms with Crippen LogP contribution in [0.2, 0.25) is 0 Å². The molecular weight excluding hydrogens is 907 g/mol. The molecule has 372 valence electrons. The second-order valence-corrected chi connectivity index (χ2v) is 17.0. The lowest BCUT2D eigenvalue weighted by Crippen LogP contribution is -2.46. The summed E-state index contributed by atoms with van der Waals surface area (Å²) in [4.78, 5) is 78.0. The minimum atomic E-state index is -3.19. The number of hydrogen-bond acceptors (Lipinski definition) is 16. The Balaban J connectivity index is 0.872. The van der Waals surface area contributed by atoms with Gasteiger partial charge in [0.1, 0.15) is 24.4 Å². The molecule has 2 fully saturated rings.